The van der Waals surface area contributed by atoms with Crippen LogP contribution in [0, 0.1) is 17.4 Å². The molecule has 6 heteroatoms. The predicted octanol–water partition coefficient (Wildman–Crippen LogP) is 5.31. The van der Waals surface area contributed by atoms with E-state index in [9.17, 15) is 9.59 Å². The SMILES string of the molecule is COC(=O)C1(CCCBr)CCCC1.[C-]#[N+]CCCC1(C(=O)OC)CCCC1. The van der Waals surface area contributed by atoms with Gasteiger partial charge in [-0.1, -0.05) is 41.6 Å². The van der Waals surface area contributed by atoms with E-state index in [4.69, 9.17) is 16.0 Å². The first-order valence-corrected chi connectivity index (χ1v) is 11.2. The number of carbonyl (C=O) groups excluding carboxylic acids is 2. The van der Waals surface area contributed by atoms with Crippen LogP contribution in [-0.4, -0.2) is 38.0 Å². The lowest BCUT2D eigenvalue weighted by Gasteiger charge is -2.25. The van der Waals surface area contributed by atoms with Crippen LogP contribution in [0.15, 0.2) is 0 Å². The van der Waals surface area contributed by atoms with E-state index in [2.05, 4.69) is 20.8 Å². The molecular weight excluding hydrogens is 410 g/mol. The number of carbonyl (C=O) groups is 2. The monoisotopic (exact) mass is 443 g/mol. The summed E-state index contributed by atoms with van der Waals surface area (Å²) in [6.45, 7) is 7.23. The van der Waals surface area contributed by atoms with E-state index in [0.717, 1.165) is 69.5 Å². The summed E-state index contributed by atoms with van der Waals surface area (Å²) in [5.41, 5.74) is -0.387. The van der Waals surface area contributed by atoms with Crippen LogP contribution in [0.5, 0.6) is 0 Å². The fourth-order valence-corrected chi connectivity index (χ4v) is 4.83. The molecule has 5 nitrogen and oxygen atoms in total. The van der Waals surface area contributed by atoms with Crippen molar-refractivity contribution >= 4 is 27.9 Å². The quantitative estimate of drug-likeness (QED) is 0.220. The number of hydrogen-bond acceptors (Lipinski definition) is 4. The van der Waals surface area contributed by atoms with E-state index in [1.165, 1.54) is 27.1 Å². The lowest BCUT2D eigenvalue weighted by atomic mass is 9.81. The second-order valence-corrected chi connectivity index (χ2v) is 8.53. The Balaban J connectivity index is 0.000000271. The highest BCUT2D eigenvalue weighted by Gasteiger charge is 2.42. The first kappa shape index (κ1) is 23.9. The van der Waals surface area contributed by atoms with Crippen LogP contribution in [0.2, 0.25) is 0 Å². The highest BCUT2D eigenvalue weighted by molar-refractivity contribution is 9.09. The molecule has 0 aromatic rings. The summed E-state index contributed by atoms with van der Waals surface area (Å²) in [5.74, 6) is -0.0640. The maximum Gasteiger partial charge on any atom is 0.311 e. The molecule has 0 aliphatic heterocycles. The van der Waals surface area contributed by atoms with Crippen LogP contribution < -0.4 is 0 Å². The summed E-state index contributed by atoms with van der Waals surface area (Å²) >= 11 is 3.40. The van der Waals surface area contributed by atoms with Gasteiger partial charge in [0.2, 0.25) is 6.54 Å². The molecule has 154 valence electrons. The Hall–Kier alpha value is -1.09. The van der Waals surface area contributed by atoms with Gasteiger partial charge in [-0.15, -0.1) is 0 Å². The van der Waals surface area contributed by atoms with Gasteiger partial charge in [0.05, 0.1) is 25.0 Å². The first-order valence-electron chi connectivity index (χ1n) is 10.1. The Morgan fingerprint density at radius 1 is 0.889 bits per heavy atom. The predicted molar refractivity (Wildman–Crippen MR) is 110 cm³/mol. The molecule has 0 N–H and O–H groups in total. The second-order valence-electron chi connectivity index (χ2n) is 7.74. The molecule has 0 aromatic carbocycles. The largest absolute Gasteiger partial charge is 0.469 e. The topological polar surface area (TPSA) is 57.0 Å². The standard InChI is InChI=1S/C11H17NO2.C10H17BrO2/c1-12-9-5-8-11(10(13)14-2)6-3-4-7-11;1-13-9(12)10(7-4-8-11)5-2-3-6-10/h3-9H2,2H3;2-8H2,1H3. The highest BCUT2D eigenvalue weighted by atomic mass is 79.9. The van der Waals surface area contributed by atoms with Crippen molar-refractivity contribution in [1.29, 1.82) is 0 Å². The molecule has 0 bridgehead atoms. The fraction of sp³-hybridized carbons (Fsp3) is 0.857. The van der Waals surface area contributed by atoms with Crippen molar-refractivity contribution in [2.75, 3.05) is 26.1 Å². The molecular formula is C21H34BrNO4. The van der Waals surface area contributed by atoms with Crippen LogP contribution in [0.1, 0.15) is 77.0 Å². The molecule has 0 aromatic heterocycles. The normalized spacial score (nSPS) is 19.5. The van der Waals surface area contributed by atoms with Crippen LogP contribution in [0.3, 0.4) is 0 Å². The zero-order valence-corrected chi connectivity index (χ0v) is 18.4. The number of ether oxygens (including phenoxy) is 2. The molecule has 27 heavy (non-hydrogen) atoms. The van der Waals surface area contributed by atoms with E-state index in [1.54, 1.807) is 0 Å². The Kier molecular flexibility index (Phi) is 11.0. The second kappa shape index (κ2) is 12.4. The summed E-state index contributed by atoms with van der Waals surface area (Å²) in [7, 11) is 2.95. The summed E-state index contributed by atoms with van der Waals surface area (Å²) < 4.78 is 9.73. The molecule has 2 fully saturated rings. The van der Waals surface area contributed by atoms with E-state index in [0.29, 0.717) is 6.54 Å². The molecule has 0 amide bonds. The van der Waals surface area contributed by atoms with Crippen molar-refractivity contribution in [3.05, 3.63) is 11.4 Å². The van der Waals surface area contributed by atoms with Crippen LogP contribution >= 0.6 is 15.9 Å². The van der Waals surface area contributed by atoms with Crippen LogP contribution in [0.4, 0.5) is 0 Å². The third-order valence-corrected chi connectivity index (χ3v) is 6.63. The van der Waals surface area contributed by atoms with Crippen molar-refractivity contribution in [1.82, 2.24) is 0 Å². The molecule has 0 spiro atoms. The fourth-order valence-electron chi connectivity index (χ4n) is 4.55. The molecule has 2 aliphatic rings. The van der Waals surface area contributed by atoms with Gasteiger partial charge in [-0.2, -0.15) is 0 Å². The molecule has 0 atom stereocenters. The smallest absolute Gasteiger partial charge is 0.311 e. The molecule has 0 heterocycles. The summed E-state index contributed by atoms with van der Waals surface area (Å²) in [4.78, 5) is 26.5. The van der Waals surface area contributed by atoms with Gasteiger partial charge in [0.1, 0.15) is 0 Å². The molecule has 0 saturated heterocycles. The maximum absolute atomic E-state index is 11.6. The Labute approximate surface area is 172 Å². The van der Waals surface area contributed by atoms with Crippen molar-refractivity contribution in [3.8, 4) is 0 Å². The summed E-state index contributed by atoms with van der Waals surface area (Å²) in [5, 5.41) is 0.978. The van der Waals surface area contributed by atoms with Gasteiger partial charge in [0.25, 0.3) is 0 Å². The number of methoxy groups -OCH3 is 2. The molecule has 0 radical (unpaired) electrons. The molecule has 2 saturated carbocycles. The average Bonchev–Trinajstić information content (AvgIpc) is 3.37. The average molecular weight is 444 g/mol. The van der Waals surface area contributed by atoms with Gasteiger partial charge in [-0.05, 0) is 44.9 Å². The Bertz CT molecular complexity index is 503. The number of nitrogens with zero attached hydrogens (tertiary/aromatic N) is 1. The maximum atomic E-state index is 11.6. The van der Waals surface area contributed by atoms with Gasteiger partial charge in [0.15, 0.2) is 0 Å². The number of hydrogen-bond donors (Lipinski definition) is 0. The lowest BCUT2D eigenvalue weighted by molar-refractivity contribution is -0.153. The Morgan fingerprint density at radius 2 is 1.30 bits per heavy atom. The first-order chi connectivity index (χ1) is 13.0. The van der Waals surface area contributed by atoms with Crippen molar-refractivity contribution in [2.24, 2.45) is 10.8 Å². The number of esters is 2. The minimum atomic E-state index is -0.251. The van der Waals surface area contributed by atoms with E-state index >= 15 is 0 Å². The van der Waals surface area contributed by atoms with Gasteiger partial charge >= 0.3 is 11.9 Å². The minimum absolute atomic E-state index is 0.00551. The van der Waals surface area contributed by atoms with Gasteiger partial charge in [0, 0.05) is 11.8 Å². The number of alkyl halides is 1. The van der Waals surface area contributed by atoms with Crippen LogP contribution in [0.25, 0.3) is 4.85 Å². The van der Waals surface area contributed by atoms with Crippen molar-refractivity contribution < 1.29 is 19.1 Å². The summed E-state index contributed by atoms with van der Waals surface area (Å²) in [6.07, 6.45) is 12.2. The van der Waals surface area contributed by atoms with Crippen molar-refractivity contribution in [3.63, 3.8) is 0 Å². The van der Waals surface area contributed by atoms with Gasteiger partial charge < -0.3 is 14.3 Å². The third-order valence-electron chi connectivity index (χ3n) is 6.07. The minimum Gasteiger partial charge on any atom is -0.469 e. The Morgan fingerprint density at radius 3 is 1.63 bits per heavy atom. The van der Waals surface area contributed by atoms with E-state index < -0.39 is 0 Å². The lowest BCUT2D eigenvalue weighted by Crippen LogP contribution is -2.29. The number of rotatable bonds is 8. The van der Waals surface area contributed by atoms with Crippen LogP contribution in [-0.2, 0) is 19.1 Å². The van der Waals surface area contributed by atoms with Crippen molar-refractivity contribution in [2.45, 2.75) is 77.0 Å². The molecule has 2 rings (SSSR count). The summed E-state index contributed by atoms with van der Waals surface area (Å²) in [6, 6.07) is 0. The third kappa shape index (κ3) is 6.78. The molecule has 0 unspecified atom stereocenters. The zero-order chi connectivity index (χ0) is 20.2. The number of halogens is 1. The van der Waals surface area contributed by atoms with E-state index in [-0.39, 0.29) is 22.8 Å². The highest BCUT2D eigenvalue weighted by Crippen LogP contribution is 2.43. The molecule has 2 aliphatic carbocycles. The van der Waals surface area contributed by atoms with Gasteiger partial charge in [-0.3, -0.25) is 9.59 Å². The zero-order valence-electron chi connectivity index (χ0n) is 16.9. The van der Waals surface area contributed by atoms with E-state index in [1.807, 2.05) is 0 Å². The van der Waals surface area contributed by atoms with Gasteiger partial charge in [-0.25, -0.2) is 6.57 Å².